The van der Waals surface area contributed by atoms with Crippen LogP contribution >= 0.6 is 0 Å². The van der Waals surface area contributed by atoms with Crippen molar-refractivity contribution in [1.29, 1.82) is 0 Å². The SMILES string of the molecule is CCn1cnc2c(N3CCC(NC(=O)CCOC)C34CCCC4)ncnc21. The van der Waals surface area contributed by atoms with Gasteiger partial charge in [-0.3, -0.25) is 4.79 Å². The fraction of sp³-hybridized carbons (Fsp3) is 0.684. The second-order valence-electron chi connectivity index (χ2n) is 7.51. The molecule has 2 aromatic rings. The van der Waals surface area contributed by atoms with Crippen LogP contribution in [0.2, 0.25) is 0 Å². The summed E-state index contributed by atoms with van der Waals surface area (Å²) < 4.78 is 7.09. The summed E-state index contributed by atoms with van der Waals surface area (Å²) in [6.45, 7) is 4.25. The Hall–Kier alpha value is -2.22. The zero-order valence-corrected chi connectivity index (χ0v) is 16.1. The molecule has 27 heavy (non-hydrogen) atoms. The minimum atomic E-state index is -0.0694. The van der Waals surface area contributed by atoms with Crippen LogP contribution < -0.4 is 10.2 Å². The first-order valence-electron chi connectivity index (χ1n) is 9.91. The summed E-state index contributed by atoms with van der Waals surface area (Å²) in [6, 6.07) is 0.141. The van der Waals surface area contributed by atoms with Gasteiger partial charge in [0.1, 0.15) is 6.33 Å². The maximum Gasteiger partial charge on any atom is 0.222 e. The Morgan fingerprint density at radius 2 is 2.15 bits per heavy atom. The first kappa shape index (κ1) is 18.2. The lowest BCUT2D eigenvalue weighted by Gasteiger charge is -2.40. The zero-order chi connectivity index (χ0) is 18.9. The van der Waals surface area contributed by atoms with Crippen LogP contribution in [-0.2, 0) is 16.1 Å². The number of anilines is 1. The molecule has 1 amide bonds. The number of amides is 1. The number of hydrogen-bond donors (Lipinski definition) is 1. The summed E-state index contributed by atoms with van der Waals surface area (Å²) in [5.74, 6) is 0.973. The van der Waals surface area contributed by atoms with E-state index in [0.717, 1.165) is 49.3 Å². The molecule has 2 aromatic heterocycles. The third-order valence-corrected chi connectivity index (χ3v) is 6.14. The molecule has 2 aliphatic rings. The Morgan fingerprint density at radius 3 is 2.89 bits per heavy atom. The van der Waals surface area contributed by atoms with Gasteiger partial charge in [-0.1, -0.05) is 12.8 Å². The number of carbonyl (C=O) groups excluding carboxylic acids is 1. The summed E-state index contributed by atoms with van der Waals surface area (Å²) in [7, 11) is 1.62. The number of nitrogens with one attached hydrogen (secondary N) is 1. The highest BCUT2D eigenvalue weighted by Crippen LogP contribution is 2.46. The number of aromatic nitrogens is 4. The molecule has 1 spiro atoms. The van der Waals surface area contributed by atoms with Crippen LogP contribution in [0.1, 0.15) is 45.4 Å². The Labute approximate surface area is 159 Å². The number of carbonyl (C=O) groups is 1. The van der Waals surface area contributed by atoms with Crippen molar-refractivity contribution >= 4 is 22.9 Å². The Balaban J connectivity index is 1.65. The van der Waals surface area contributed by atoms with Crippen LogP contribution in [0.3, 0.4) is 0 Å². The fourth-order valence-corrected chi connectivity index (χ4v) is 4.83. The Morgan fingerprint density at radius 1 is 1.33 bits per heavy atom. The Kier molecular flexibility index (Phi) is 4.99. The van der Waals surface area contributed by atoms with Gasteiger partial charge in [-0.15, -0.1) is 0 Å². The molecular formula is C19H28N6O2. The van der Waals surface area contributed by atoms with Crippen molar-refractivity contribution < 1.29 is 9.53 Å². The molecule has 1 saturated heterocycles. The molecule has 1 aliphatic carbocycles. The highest BCUT2D eigenvalue weighted by atomic mass is 16.5. The van der Waals surface area contributed by atoms with Crippen LogP contribution in [0.5, 0.6) is 0 Å². The first-order chi connectivity index (χ1) is 13.2. The summed E-state index contributed by atoms with van der Waals surface area (Å²) in [4.78, 5) is 28.4. The number of methoxy groups -OCH3 is 1. The van der Waals surface area contributed by atoms with Crippen LogP contribution in [0, 0.1) is 0 Å². The molecule has 0 radical (unpaired) electrons. The first-order valence-corrected chi connectivity index (χ1v) is 9.91. The van der Waals surface area contributed by atoms with E-state index in [1.807, 2.05) is 10.9 Å². The van der Waals surface area contributed by atoms with Crippen molar-refractivity contribution in [3.05, 3.63) is 12.7 Å². The van der Waals surface area contributed by atoms with E-state index < -0.39 is 0 Å². The molecule has 2 fully saturated rings. The second kappa shape index (κ2) is 7.42. The number of hydrogen-bond acceptors (Lipinski definition) is 6. The normalized spacial score (nSPS) is 21.4. The van der Waals surface area contributed by atoms with E-state index in [-0.39, 0.29) is 17.5 Å². The van der Waals surface area contributed by atoms with Crippen LogP contribution in [-0.4, -0.2) is 57.3 Å². The summed E-state index contributed by atoms with van der Waals surface area (Å²) in [5.41, 5.74) is 1.67. The molecule has 1 saturated carbocycles. The molecule has 4 rings (SSSR count). The van der Waals surface area contributed by atoms with Crippen LogP contribution in [0.4, 0.5) is 5.82 Å². The molecule has 3 heterocycles. The predicted molar refractivity (Wildman–Crippen MR) is 103 cm³/mol. The fourth-order valence-electron chi connectivity index (χ4n) is 4.83. The van der Waals surface area contributed by atoms with Crippen molar-refractivity contribution in [3.8, 4) is 0 Å². The van der Waals surface area contributed by atoms with E-state index in [0.29, 0.717) is 13.0 Å². The number of ether oxygens (including phenoxy) is 1. The predicted octanol–water partition coefficient (Wildman–Crippen LogP) is 1.89. The van der Waals surface area contributed by atoms with Gasteiger partial charge in [0.25, 0.3) is 0 Å². The lowest BCUT2D eigenvalue weighted by Crippen LogP contribution is -2.55. The molecule has 1 unspecified atom stereocenters. The monoisotopic (exact) mass is 372 g/mol. The topological polar surface area (TPSA) is 85.2 Å². The molecule has 1 aliphatic heterocycles. The van der Waals surface area contributed by atoms with Gasteiger partial charge in [0.15, 0.2) is 17.0 Å². The van der Waals surface area contributed by atoms with Crippen molar-refractivity contribution in [3.63, 3.8) is 0 Å². The summed E-state index contributed by atoms with van der Waals surface area (Å²) in [6.07, 6.45) is 9.31. The van der Waals surface area contributed by atoms with Gasteiger partial charge < -0.3 is 19.5 Å². The van der Waals surface area contributed by atoms with Crippen molar-refractivity contribution in [1.82, 2.24) is 24.8 Å². The molecule has 0 aromatic carbocycles. The van der Waals surface area contributed by atoms with E-state index in [2.05, 4.69) is 32.1 Å². The average Bonchev–Trinajstić information content (AvgIpc) is 3.40. The molecule has 0 bridgehead atoms. The van der Waals surface area contributed by atoms with Gasteiger partial charge in [0.05, 0.1) is 24.5 Å². The smallest absolute Gasteiger partial charge is 0.222 e. The molecule has 1 atom stereocenters. The highest BCUT2D eigenvalue weighted by molar-refractivity contribution is 5.84. The lowest BCUT2D eigenvalue weighted by molar-refractivity contribution is -0.123. The van der Waals surface area contributed by atoms with Gasteiger partial charge in [-0.05, 0) is 26.2 Å². The van der Waals surface area contributed by atoms with Crippen molar-refractivity contribution in [2.45, 2.75) is 63.6 Å². The van der Waals surface area contributed by atoms with E-state index in [4.69, 9.17) is 4.74 Å². The highest BCUT2D eigenvalue weighted by Gasteiger charge is 2.51. The third-order valence-electron chi connectivity index (χ3n) is 6.14. The molecule has 8 heteroatoms. The number of nitrogens with zero attached hydrogens (tertiary/aromatic N) is 5. The minimum Gasteiger partial charge on any atom is -0.384 e. The van der Waals surface area contributed by atoms with E-state index in [1.54, 1.807) is 13.4 Å². The molecular weight excluding hydrogens is 344 g/mol. The lowest BCUT2D eigenvalue weighted by atomic mass is 9.88. The minimum absolute atomic E-state index is 0.0677. The number of rotatable bonds is 6. The number of fused-ring (bicyclic) bond motifs is 1. The van der Waals surface area contributed by atoms with Gasteiger partial charge in [-0.25, -0.2) is 15.0 Å². The maximum absolute atomic E-state index is 12.3. The standard InChI is InChI=1S/C19H28N6O2/c1-3-24-13-22-16-17(24)20-12-21-18(16)25-10-6-14(19(25)8-4-5-9-19)23-15(26)7-11-27-2/h12-14H,3-11H2,1-2H3,(H,23,26). The van der Waals surface area contributed by atoms with Gasteiger partial charge >= 0.3 is 0 Å². The zero-order valence-electron chi connectivity index (χ0n) is 16.1. The second-order valence-corrected chi connectivity index (χ2v) is 7.51. The van der Waals surface area contributed by atoms with Crippen molar-refractivity contribution in [2.24, 2.45) is 0 Å². The van der Waals surface area contributed by atoms with Gasteiger partial charge in [0.2, 0.25) is 5.91 Å². The molecule has 8 nitrogen and oxygen atoms in total. The third kappa shape index (κ3) is 3.05. The average molecular weight is 372 g/mol. The van der Waals surface area contributed by atoms with Crippen LogP contribution in [0.15, 0.2) is 12.7 Å². The number of aryl methyl sites for hydroxylation is 1. The number of imidazole rings is 1. The van der Waals surface area contributed by atoms with Gasteiger partial charge in [-0.2, -0.15) is 0 Å². The van der Waals surface area contributed by atoms with E-state index in [9.17, 15) is 4.79 Å². The van der Waals surface area contributed by atoms with E-state index in [1.165, 1.54) is 12.8 Å². The van der Waals surface area contributed by atoms with E-state index >= 15 is 0 Å². The molecule has 1 N–H and O–H groups in total. The van der Waals surface area contributed by atoms with Crippen molar-refractivity contribution in [2.75, 3.05) is 25.2 Å². The van der Waals surface area contributed by atoms with Crippen LogP contribution in [0.25, 0.3) is 11.2 Å². The maximum atomic E-state index is 12.3. The largest absolute Gasteiger partial charge is 0.384 e. The summed E-state index contributed by atoms with van der Waals surface area (Å²) in [5, 5.41) is 3.28. The van der Waals surface area contributed by atoms with Gasteiger partial charge in [0, 0.05) is 26.6 Å². The Bertz CT molecular complexity index is 814. The molecule has 146 valence electrons. The quantitative estimate of drug-likeness (QED) is 0.833. The summed E-state index contributed by atoms with van der Waals surface area (Å²) >= 11 is 0.